The second-order valence-corrected chi connectivity index (χ2v) is 0. The summed E-state index contributed by atoms with van der Waals surface area (Å²) in [5, 5.41) is 0. The Morgan fingerprint density at radius 3 is 0.300 bits per heavy atom. The van der Waals surface area contributed by atoms with E-state index >= 15 is 0 Å². The second-order valence-electron chi connectivity index (χ2n) is 0. The van der Waals surface area contributed by atoms with Crippen LogP contribution in [0.15, 0.2) is 0 Å². The van der Waals surface area contributed by atoms with Gasteiger partial charge in [0.15, 0.2) is 0 Å². The molecule has 0 rings (SSSR count). The monoisotopic (exact) mass is 319 g/mol. The Kier molecular flexibility index (Phi) is 6190. The Morgan fingerprint density at radius 2 is 0.300 bits per heavy atom. The molecule has 82 valence electrons. The molecule has 0 heterocycles. The average molecular weight is 322 g/mol. The molecule has 10 heteroatoms. The average Bonchev–Trinajstić information content (AvgIpc) is 0. The Labute approximate surface area is 111 Å². The molecule has 0 aromatic carbocycles. The van der Waals surface area contributed by atoms with E-state index in [4.69, 9.17) is 0 Å². The maximum absolute atomic E-state index is 0. The van der Waals surface area contributed by atoms with Crippen LogP contribution in [-0.4, -0.2) is 18.9 Å². The van der Waals surface area contributed by atoms with Crippen molar-refractivity contribution in [2.45, 2.75) is 0 Å². The van der Waals surface area contributed by atoms with Crippen LogP contribution >= 0.6 is 0 Å². The molecule has 0 amide bonds. The summed E-state index contributed by atoms with van der Waals surface area (Å²) in [7, 11) is 0. The van der Waals surface area contributed by atoms with E-state index in [2.05, 4.69) is 0 Å². The smallest absolute Gasteiger partial charge is 0 e. The Morgan fingerprint density at radius 1 is 0.300 bits per heavy atom. The van der Waals surface area contributed by atoms with Gasteiger partial charge in [-0.3, -0.25) is 0 Å². The van der Waals surface area contributed by atoms with Crippen LogP contribution in [0.1, 0.15) is 0 Å². The van der Waals surface area contributed by atoms with Crippen LogP contribution in [-0.2, 0) is 93.3 Å². The second kappa shape index (κ2) is 218. The zero-order valence-corrected chi connectivity index (χ0v) is 8.26. The third-order valence-electron chi connectivity index (χ3n) is 0. The van der Waals surface area contributed by atoms with Gasteiger partial charge in [0.05, 0.1) is 0 Å². The topological polar surface area (TPSA) is 142 Å². The predicted octanol–water partition coefficient (Wildman–Crippen LogP) is -0.985. The molecule has 0 saturated heterocycles. The van der Waals surface area contributed by atoms with Crippen molar-refractivity contribution in [1.82, 2.24) is 0 Å². The molecule has 0 aliphatic rings. The molecule has 0 bridgehead atoms. The van der Waals surface area contributed by atoms with E-state index in [0.29, 0.717) is 0 Å². The minimum atomic E-state index is 0. The Hall–Kier alpha value is 2.37. The van der Waals surface area contributed by atoms with Crippen molar-refractivity contribution >= 4 is 18.9 Å². The predicted molar refractivity (Wildman–Crippen MR) is 9.19 cm³/mol. The third kappa shape index (κ3) is 162. The van der Waals surface area contributed by atoms with Crippen LogP contribution < -0.4 is 0 Å². The molecule has 0 spiro atoms. The van der Waals surface area contributed by atoms with Gasteiger partial charge in [0.25, 0.3) is 0 Å². The SMILES string of the molecule is [Li-].[Ni].[Ni].[Ni].[Ni].[O-2].[O-2].[O-2].[O-2].[O-2]. The molecule has 0 aromatic rings. The molecule has 0 fully saturated rings. The van der Waals surface area contributed by atoms with Crippen LogP contribution in [0.5, 0.6) is 0 Å². The minimum absolute atomic E-state index is 0. The molecule has 0 unspecified atom stereocenters. The first-order valence-electron chi connectivity index (χ1n) is 0. The first kappa shape index (κ1) is 284. The first-order valence-corrected chi connectivity index (χ1v) is 0. The van der Waals surface area contributed by atoms with Crippen molar-refractivity contribution in [1.29, 1.82) is 0 Å². The summed E-state index contributed by atoms with van der Waals surface area (Å²) in [5.74, 6) is 0. The largest absolute Gasteiger partial charge is 2.00 e. The number of hydrogen-bond donors (Lipinski definition) is 0. The van der Waals surface area contributed by atoms with Gasteiger partial charge in [0, 0.05) is 66.0 Å². The molecule has 10 heavy (non-hydrogen) atoms. The number of rotatable bonds is 0. The van der Waals surface area contributed by atoms with Crippen molar-refractivity contribution in [3.8, 4) is 0 Å². The summed E-state index contributed by atoms with van der Waals surface area (Å²) in [6, 6.07) is 0. The van der Waals surface area contributed by atoms with E-state index < -0.39 is 0 Å². The van der Waals surface area contributed by atoms with E-state index in [1.165, 1.54) is 0 Å². The zero-order valence-electron chi connectivity index (χ0n) is 4.31. The van der Waals surface area contributed by atoms with Crippen molar-refractivity contribution in [3.05, 3.63) is 0 Å². The van der Waals surface area contributed by atoms with Gasteiger partial charge < -0.3 is 46.2 Å². The van der Waals surface area contributed by atoms with Crippen molar-refractivity contribution < 1.29 is 93.3 Å². The summed E-state index contributed by atoms with van der Waals surface area (Å²) >= 11 is 0. The quantitative estimate of drug-likeness (QED) is 0.505. The summed E-state index contributed by atoms with van der Waals surface area (Å²) in [6.07, 6.45) is 0. The molecular weight excluding hydrogens is 322 g/mol. The molecular formula is LiNi4O5-11. The Bertz CT molecular complexity index is 13.6. The maximum Gasteiger partial charge on any atom is 0 e. The van der Waals surface area contributed by atoms with Gasteiger partial charge in [0.1, 0.15) is 0 Å². The van der Waals surface area contributed by atoms with Gasteiger partial charge in [0.2, 0.25) is 0 Å². The molecule has 0 N–H and O–H groups in total. The Balaban J connectivity index is 0. The van der Waals surface area contributed by atoms with Crippen molar-refractivity contribution in [3.63, 3.8) is 0 Å². The van der Waals surface area contributed by atoms with Crippen molar-refractivity contribution in [2.24, 2.45) is 0 Å². The summed E-state index contributed by atoms with van der Waals surface area (Å²) < 4.78 is 0. The molecule has 0 saturated carbocycles. The molecule has 0 aliphatic carbocycles. The van der Waals surface area contributed by atoms with Gasteiger partial charge in [-0.25, -0.2) is 0 Å². The van der Waals surface area contributed by atoms with E-state index in [-0.39, 0.29) is 112 Å². The maximum atomic E-state index is 0. The van der Waals surface area contributed by atoms with Gasteiger partial charge in [-0.05, 0) is 0 Å². The summed E-state index contributed by atoms with van der Waals surface area (Å²) in [5.41, 5.74) is 0. The van der Waals surface area contributed by atoms with E-state index in [0.717, 1.165) is 0 Å². The van der Waals surface area contributed by atoms with Gasteiger partial charge in [-0.1, -0.05) is 0 Å². The minimum Gasteiger partial charge on any atom is -2.00 e. The van der Waals surface area contributed by atoms with E-state index in [1.54, 1.807) is 0 Å². The molecule has 2 radical (unpaired) electrons. The fourth-order valence-corrected chi connectivity index (χ4v) is 0. The first-order chi connectivity index (χ1) is 0. The standard InChI is InChI=1S/Li.4Ni.5O/q-1;;;;;5*-2. The molecule has 0 atom stereocenters. The summed E-state index contributed by atoms with van der Waals surface area (Å²) in [4.78, 5) is 0. The normalized spacial score (nSPS) is 0. The van der Waals surface area contributed by atoms with Crippen molar-refractivity contribution in [2.75, 3.05) is 0 Å². The molecule has 5 nitrogen and oxygen atoms in total. The third-order valence-corrected chi connectivity index (χ3v) is 0. The van der Waals surface area contributed by atoms with Crippen LogP contribution in [0.4, 0.5) is 0 Å². The van der Waals surface area contributed by atoms with Crippen LogP contribution in [0.3, 0.4) is 0 Å². The van der Waals surface area contributed by atoms with Gasteiger partial charge >= 0.3 is 0 Å². The summed E-state index contributed by atoms with van der Waals surface area (Å²) in [6.45, 7) is 0. The van der Waals surface area contributed by atoms with Crippen LogP contribution in [0, 0.1) is 0 Å². The van der Waals surface area contributed by atoms with E-state index in [1.807, 2.05) is 0 Å². The van der Waals surface area contributed by atoms with Gasteiger partial charge in [-0.15, -0.1) is 0 Å². The fourth-order valence-electron chi connectivity index (χ4n) is 0. The zero-order chi connectivity index (χ0) is 0. The van der Waals surface area contributed by atoms with Crippen LogP contribution in [0.25, 0.3) is 0 Å². The van der Waals surface area contributed by atoms with E-state index in [9.17, 15) is 0 Å². The molecule has 0 aliphatic heterocycles. The number of hydrogen-bond acceptors (Lipinski definition) is 0. The molecule has 0 aromatic heterocycles. The van der Waals surface area contributed by atoms with Gasteiger partial charge in [-0.2, -0.15) is 0 Å². The fraction of sp³-hybridized carbons (Fsp3) is 0. The van der Waals surface area contributed by atoms with Crippen LogP contribution in [0.2, 0.25) is 0 Å².